The van der Waals surface area contributed by atoms with Crippen molar-refractivity contribution >= 4 is 29.1 Å². The molecule has 1 aromatic carbocycles. The summed E-state index contributed by atoms with van der Waals surface area (Å²) >= 11 is 11.7. The molecule has 0 bridgehead atoms. The van der Waals surface area contributed by atoms with E-state index in [0.29, 0.717) is 28.8 Å². The van der Waals surface area contributed by atoms with Gasteiger partial charge < -0.3 is 15.2 Å². The lowest BCUT2D eigenvalue weighted by Gasteiger charge is -2.26. The number of amides is 1. The van der Waals surface area contributed by atoms with Crippen LogP contribution in [-0.2, 0) is 4.79 Å². The van der Waals surface area contributed by atoms with Crippen LogP contribution in [0, 0.1) is 5.41 Å². The lowest BCUT2D eigenvalue weighted by molar-refractivity contribution is -0.122. The lowest BCUT2D eigenvalue weighted by Crippen LogP contribution is -2.36. The normalized spacial score (nSPS) is 12.8. The second-order valence-corrected chi connectivity index (χ2v) is 7.07. The van der Waals surface area contributed by atoms with Gasteiger partial charge in [-0.3, -0.25) is 4.79 Å². The van der Waals surface area contributed by atoms with Crippen LogP contribution in [0.3, 0.4) is 0 Å². The van der Waals surface area contributed by atoms with E-state index in [1.165, 1.54) is 0 Å². The number of ether oxygens (including phenoxy) is 1. The minimum Gasteiger partial charge on any atom is -0.493 e. The topological polar surface area (TPSA) is 58.6 Å². The third kappa shape index (κ3) is 7.87. The van der Waals surface area contributed by atoms with Gasteiger partial charge in [-0.15, -0.1) is 0 Å². The zero-order chi connectivity index (χ0) is 16.8. The van der Waals surface area contributed by atoms with E-state index in [1.807, 2.05) is 13.8 Å². The molecule has 4 nitrogen and oxygen atoms in total. The molecule has 0 saturated carbocycles. The first kappa shape index (κ1) is 19.1. The van der Waals surface area contributed by atoms with Gasteiger partial charge in [-0.2, -0.15) is 0 Å². The number of aliphatic hydroxyl groups is 1. The van der Waals surface area contributed by atoms with Gasteiger partial charge in [0, 0.05) is 16.6 Å². The summed E-state index contributed by atoms with van der Waals surface area (Å²) in [5.41, 5.74) is -0.148. The summed E-state index contributed by atoms with van der Waals surface area (Å²) in [7, 11) is 0. The SMILES string of the molecule is CC(O)CC(C)(C)CNC(=O)CCOc1cc(Cl)cc(Cl)c1. The molecule has 0 spiro atoms. The quantitative estimate of drug-likeness (QED) is 0.754. The van der Waals surface area contributed by atoms with Crippen molar-refractivity contribution in [3.63, 3.8) is 0 Å². The van der Waals surface area contributed by atoms with Gasteiger partial charge in [-0.05, 0) is 37.0 Å². The van der Waals surface area contributed by atoms with Crippen LogP contribution in [0.4, 0.5) is 0 Å². The van der Waals surface area contributed by atoms with Crippen molar-refractivity contribution < 1.29 is 14.6 Å². The smallest absolute Gasteiger partial charge is 0.223 e. The summed E-state index contributed by atoms with van der Waals surface area (Å²) in [4.78, 5) is 11.8. The summed E-state index contributed by atoms with van der Waals surface area (Å²) < 4.78 is 5.47. The van der Waals surface area contributed by atoms with E-state index in [-0.39, 0.29) is 30.5 Å². The fourth-order valence-corrected chi connectivity index (χ4v) is 2.68. The van der Waals surface area contributed by atoms with Crippen molar-refractivity contribution in [2.24, 2.45) is 5.41 Å². The Balaban J connectivity index is 2.31. The van der Waals surface area contributed by atoms with Crippen molar-refractivity contribution in [2.75, 3.05) is 13.2 Å². The Bertz CT molecular complexity index is 484. The molecule has 1 aromatic rings. The minimum absolute atomic E-state index is 0.0909. The average molecular weight is 348 g/mol. The van der Waals surface area contributed by atoms with E-state index >= 15 is 0 Å². The Kier molecular flexibility index (Phi) is 7.46. The number of benzene rings is 1. The van der Waals surface area contributed by atoms with E-state index < -0.39 is 0 Å². The Hall–Kier alpha value is -0.970. The number of hydrogen-bond donors (Lipinski definition) is 2. The number of hydrogen-bond acceptors (Lipinski definition) is 3. The van der Waals surface area contributed by atoms with Crippen LogP contribution in [0.2, 0.25) is 10.0 Å². The molecule has 2 N–H and O–H groups in total. The van der Waals surface area contributed by atoms with Gasteiger partial charge in [0.1, 0.15) is 5.75 Å². The fourth-order valence-electron chi connectivity index (χ4n) is 2.17. The molecule has 1 atom stereocenters. The maximum absolute atomic E-state index is 11.8. The summed E-state index contributed by atoms with van der Waals surface area (Å²) in [6, 6.07) is 4.92. The summed E-state index contributed by atoms with van der Waals surface area (Å²) in [6.07, 6.45) is 0.488. The van der Waals surface area contributed by atoms with Crippen molar-refractivity contribution in [1.82, 2.24) is 5.32 Å². The summed E-state index contributed by atoms with van der Waals surface area (Å²) in [6.45, 7) is 6.52. The highest BCUT2D eigenvalue weighted by atomic mass is 35.5. The first-order chi connectivity index (χ1) is 10.2. The maximum atomic E-state index is 11.8. The van der Waals surface area contributed by atoms with Gasteiger partial charge in [0.15, 0.2) is 0 Å². The van der Waals surface area contributed by atoms with Crippen LogP contribution in [0.1, 0.15) is 33.6 Å². The number of aliphatic hydroxyl groups excluding tert-OH is 1. The molecular weight excluding hydrogens is 325 g/mol. The highest BCUT2D eigenvalue weighted by Crippen LogP contribution is 2.24. The highest BCUT2D eigenvalue weighted by Gasteiger charge is 2.20. The first-order valence-corrected chi connectivity index (χ1v) is 7.97. The molecular formula is C16H23Cl2NO3. The molecule has 22 heavy (non-hydrogen) atoms. The predicted molar refractivity (Wildman–Crippen MR) is 89.7 cm³/mol. The molecule has 1 amide bonds. The monoisotopic (exact) mass is 347 g/mol. The van der Waals surface area contributed by atoms with Crippen LogP contribution in [-0.4, -0.2) is 30.3 Å². The van der Waals surface area contributed by atoms with Crippen LogP contribution in [0.25, 0.3) is 0 Å². The number of rotatable bonds is 8. The van der Waals surface area contributed by atoms with Gasteiger partial charge in [-0.1, -0.05) is 37.0 Å². The zero-order valence-electron chi connectivity index (χ0n) is 13.2. The fraction of sp³-hybridized carbons (Fsp3) is 0.562. The van der Waals surface area contributed by atoms with Crippen molar-refractivity contribution in [3.8, 4) is 5.75 Å². The second-order valence-electron chi connectivity index (χ2n) is 6.20. The molecule has 0 aromatic heterocycles. The summed E-state index contributed by atoms with van der Waals surface area (Å²) in [5.74, 6) is 0.450. The molecule has 0 fully saturated rings. The van der Waals surface area contributed by atoms with Crippen LogP contribution in [0.15, 0.2) is 18.2 Å². The van der Waals surface area contributed by atoms with E-state index in [1.54, 1.807) is 25.1 Å². The Morgan fingerprint density at radius 3 is 2.45 bits per heavy atom. The Morgan fingerprint density at radius 2 is 1.91 bits per heavy atom. The van der Waals surface area contributed by atoms with Gasteiger partial charge in [0.05, 0.1) is 19.1 Å². The summed E-state index contributed by atoms with van der Waals surface area (Å²) in [5, 5.41) is 13.3. The van der Waals surface area contributed by atoms with E-state index in [9.17, 15) is 9.90 Å². The molecule has 0 aliphatic rings. The average Bonchev–Trinajstić information content (AvgIpc) is 2.34. The van der Waals surface area contributed by atoms with Crippen molar-refractivity contribution in [2.45, 2.75) is 39.7 Å². The molecule has 0 radical (unpaired) electrons. The zero-order valence-corrected chi connectivity index (χ0v) is 14.7. The molecule has 1 unspecified atom stereocenters. The standard InChI is InChI=1S/C16H23Cl2NO3/c1-11(20)9-16(2,3)10-19-15(21)4-5-22-14-7-12(17)6-13(18)8-14/h6-8,11,20H,4-5,9-10H2,1-3H3,(H,19,21). The molecule has 0 heterocycles. The van der Waals surface area contributed by atoms with Crippen LogP contribution in [0.5, 0.6) is 5.75 Å². The third-order valence-electron chi connectivity index (χ3n) is 3.05. The maximum Gasteiger partial charge on any atom is 0.223 e. The Labute approximate surface area is 141 Å². The lowest BCUT2D eigenvalue weighted by atomic mass is 9.87. The predicted octanol–water partition coefficient (Wildman–Crippen LogP) is 3.68. The number of nitrogens with one attached hydrogen (secondary N) is 1. The number of carbonyl (C=O) groups excluding carboxylic acids is 1. The molecule has 124 valence electrons. The van der Waals surface area contributed by atoms with E-state index in [4.69, 9.17) is 27.9 Å². The highest BCUT2D eigenvalue weighted by molar-refractivity contribution is 6.34. The number of halogens is 2. The van der Waals surface area contributed by atoms with E-state index in [0.717, 1.165) is 0 Å². The molecule has 1 rings (SSSR count). The molecule has 0 aliphatic carbocycles. The minimum atomic E-state index is -0.386. The van der Waals surface area contributed by atoms with Gasteiger partial charge in [-0.25, -0.2) is 0 Å². The van der Waals surface area contributed by atoms with E-state index in [2.05, 4.69) is 5.32 Å². The largest absolute Gasteiger partial charge is 0.493 e. The van der Waals surface area contributed by atoms with Gasteiger partial charge in [0.25, 0.3) is 0 Å². The van der Waals surface area contributed by atoms with Crippen molar-refractivity contribution in [3.05, 3.63) is 28.2 Å². The third-order valence-corrected chi connectivity index (χ3v) is 3.48. The first-order valence-electron chi connectivity index (χ1n) is 7.21. The molecule has 6 heteroatoms. The van der Waals surface area contributed by atoms with Crippen LogP contribution < -0.4 is 10.1 Å². The Morgan fingerprint density at radius 1 is 1.32 bits per heavy atom. The van der Waals surface area contributed by atoms with Gasteiger partial charge in [0.2, 0.25) is 5.91 Å². The number of carbonyl (C=O) groups is 1. The van der Waals surface area contributed by atoms with Crippen molar-refractivity contribution in [1.29, 1.82) is 0 Å². The molecule has 0 saturated heterocycles. The molecule has 0 aliphatic heterocycles. The second kappa shape index (κ2) is 8.61. The van der Waals surface area contributed by atoms with Gasteiger partial charge >= 0.3 is 0 Å². The van der Waals surface area contributed by atoms with Crippen LogP contribution >= 0.6 is 23.2 Å².